The van der Waals surface area contributed by atoms with Gasteiger partial charge in [-0.05, 0) is 13.0 Å². The maximum atomic E-state index is 10.9. The van der Waals surface area contributed by atoms with Gasteiger partial charge in [0.05, 0.1) is 0 Å². The molecule has 23 heavy (non-hydrogen) atoms. The van der Waals surface area contributed by atoms with Crippen molar-refractivity contribution in [2.45, 2.75) is 101 Å². The predicted octanol–water partition coefficient (Wildman–Crippen LogP) is 5.67. The number of carbonyl (C=O) groups excluding carboxylic acids is 1. The second-order valence-electron chi connectivity index (χ2n) is 6.46. The predicted molar refractivity (Wildman–Crippen MR) is 102 cm³/mol. The molecule has 0 aliphatic rings. The van der Waals surface area contributed by atoms with Gasteiger partial charge in [0.2, 0.25) is 4.46 Å². The summed E-state index contributed by atoms with van der Waals surface area (Å²) in [5, 5.41) is 2.76. The molecule has 3 nitrogen and oxygen atoms in total. The largest absolute Gasteiger partial charge is 0.366 e. The Bertz CT molecular complexity index is 286. The summed E-state index contributed by atoms with van der Waals surface area (Å²) in [5.74, 6) is -0.744. The number of halogens is 2. The average Bonchev–Trinajstić information content (AvgIpc) is 2.51. The molecule has 3 N–H and O–H groups in total. The van der Waals surface area contributed by atoms with Crippen molar-refractivity contribution in [3.63, 3.8) is 0 Å². The fourth-order valence-corrected chi connectivity index (χ4v) is 2.84. The molecule has 0 aromatic heterocycles. The van der Waals surface area contributed by atoms with Crippen LogP contribution in [0.1, 0.15) is 96.8 Å². The maximum Gasteiger partial charge on any atom is 0.269 e. The number of hydrogen-bond acceptors (Lipinski definition) is 2. The van der Waals surface area contributed by atoms with E-state index in [0.717, 1.165) is 12.8 Å². The van der Waals surface area contributed by atoms with Gasteiger partial charge in [-0.2, -0.15) is 0 Å². The molecule has 0 aromatic carbocycles. The number of alkyl halides is 2. The fourth-order valence-electron chi connectivity index (χ4n) is 2.65. The lowest BCUT2D eigenvalue weighted by atomic mass is 10.0. The Morgan fingerprint density at radius 3 is 1.48 bits per heavy atom. The Morgan fingerprint density at radius 1 is 0.783 bits per heavy atom. The number of nitrogens with one attached hydrogen (secondary N) is 1. The summed E-state index contributed by atoms with van der Waals surface area (Å²) in [7, 11) is 0. The summed E-state index contributed by atoms with van der Waals surface area (Å²) in [6.07, 6.45) is 18.5. The molecule has 1 amide bonds. The molecule has 0 aliphatic heterocycles. The smallest absolute Gasteiger partial charge is 0.269 e. The first kappa shape index (κ1) is 23.0. The van der Waals surface area contributed by atoms with Gasteiger partial charge >= 0.3 is 0 Å². The van der Waals surface area contributed by atoms with Gasteiger partial charge in [0.15, 0.2) is 0 Å². The Kier molecular flexibility index (Phi) is 15.5. The van der Waals surface area contributed by atoms with Gasteiger partial charge < -0.3 is 5.73 Å². The van der Waals surface area contributed by atoms with Gasteiger partial charge in [0.1, 0.15) is 0 Å². The SMILES string of the molecule is CCCCCCCCCCCCCCCCNC(Cl)(Cl)C(N)=O. The average molecular weight is 367 g/mol. The first-order valence-electron chi connectivity index (χ1n) is 9.43. The third-order valence-electron chi connectivity index (χ3n) is 4.19. The molecule has 0 bridgehead atoms. The number of nitrogens with two attached hydrogens (primary N) is 1. The summed E-state index contributed by atoms with van der Waals surface area (Å²) in [6.45, 7) is 2.88. The van der Waals surface area contributed by atoms with Crippen LogP contribution in [0, 0.1) is 0 Å². The van der Waals surface area contributed by atoms with E-state index in [1.165, 1.54) is 77.0 Å². The van der Waals surface area contributed by atoms with Crippen molar-refractivity contribution in [2.75, 3.05) is 6.54 Å². The molecule has 0 spiro atoms. The molecule has 5 heteroatoms. The van der Waals surface area contributed by atoms with Gasteiger partial charge in [-0.3, -0.25) is 10.1 Å². The van der Waals surface area contributed by atoms with Crippen LogP contribution in [0.4, 0.5) is 0 Å². The zero-order valence-corrected chi connectivity index (χ0v) is 16.4. The minimum Gasteiger partial charge on any atom is -0.366 e. The second kappa shape index (κ2) is 15.5. The Labute approximate surface area is 153 Å². The molecule has 0 radical (unpaired) electrons. The van der Waals surface area contributed by atoms with Crippen LogP contribution >= 0.6 is 23.2 Å². The Morgan fingerprint density at radius 2 is 1.13 bits per heavy atom. The highest BCUT2D eigenvalue weighted by atomic mass is 35.5. The van der Waals surface area contributed by atoms with Crippen molar-refractivity contribution in [1.82, 2.24) is 5.32 Å². The van der Waals surface area contributed by atoms with Crippen LogP contribution in [0.3, 0.4) is 0 Å². The van der Waals surface area contributed by atoms with E-state index in [1.54, 1.807) is 0 Å². The number of primary amides is 1. The third kappa shape index (κ3) is 15.3. The van der Waals surface area contributed by atoms with Crippen LogP contribution in [0.25, 0.3) is 0 Å². The van der Waals surface area contributed by atoms with E-state index in [2.05, 4.69) is 12.2 Å². The van der Waals surface area contributed by atoms with Gasteiger partial charge in [-0.15, -0.1) is 0 Å². The van der Waals surface area contributed by atoms with Crippen LogP contribution in [-0.2, 0) is 4.79 Å². The van der Waals surface area contributed by atoms with E-state index >= 15 is 0 Å². The van der Waals surface area contributed by atoms with Crippen LogP contribution < -0.4 is 11.1 Å². The van der Waals surface area contributed by atoms with Gasteiger partial charge in [0, 0.05) is 0 Å². The first-order valence-corrected chi connectivity index (χ1v) is 10.2. The van der Waals surface area contributed by atoms with Crippen LogP contribution in [-0.4, -0.2) is 16.9 Å². The number of rotatable bonds is 17. The maximum absolute atomic E-state index is 10.9. The third-order valence-corrected chi connectivity index (χ3v) is 4.83. The van der Waals surface area contributed by atoms with Crippen molar-refractivity contribution in [3.05, 3.63) is 0 Å². The molecule has 0 saturated heterocycles. The zero-order chi connectivity index (χ0) is 17.4. The Balaban J connectivity index is 3.15. The molecule has 0 aromatic rings. The molecule has 0 heterocycles. The molecular weight excluding hydrogens is 331 g/mol. The van der Waals surface area contributed by atoms with E-state index < -0.39 is 10.4 Å². The highest BCUT2D eigenvalue weighted by Gasteiger charge is 2.29. The molecular formula is C18H36Cl2N2O. The highest BCUT2D eigenvalue weighted by molar-refractivity contribution is 6.57. The van der Waals surface area contributed by atoms with Crippen LogP contribution in [0.2, 0.25) is 0 Å². The summed E-state index contributed by atoms with van der Waals surface area (Å²) < 4.78 is -1.63. The Hall–Kier alpha value is 0.01000. The molecule has 138 valence electrons. The molecule has 0 saturated carbocycles. The van der Waals surface area contributed by atoms with Crippen LogP contribution in [0.15, 0.2) is 0 Å². The number of carbonyl (C=O) groups is 1. The molecule has 0 aliphatic carbocycles. The van der Waals surface area contributed by atoms with Crippen molar-refractivity contribution >= 4 is 29.1 Å². The minimum absolute atomic E-state index is 0.619. The first-order chi connectivity index (χ1) is 11.0. The van der Waals surface area contributed by atoms with Crippen molar-refractivity contribution in [1.29, 1.82) is 0 Å². The van der Waals surface area contributed by atoms with E-state index in [9.17, 15) is 4.79 Å². The van der Waals surface area contributed by atoms with Crippen molar-refractivity contribution < 1.29 is 4.79 Å². The van der Waals surface area contributed by atoms with Crippen molar-refractivity contribution in [2.24, 2.45) is 5.73 Å². The molecule has 0 unspecified atom stereocenters. The van der Waals surface area contributed by atoms with Gasteiger partial charge in [-0.1, -0.05) is 114 Å². The van der Waals surface area contributed by atoms with Crippen molar-refractivity contribution in [3.8, 4) is 0 Å². The monoisotopic (exact) mass is 366 g/mol. The van der Waals surface area contributed by atoms with E-state index in [1.807, 2.05) is 0 Å². The zero-order valence-electron chi connectivity index (χ0n) is 14.8. The molecule has 0 atom stereocenters. The van der Waals surface area contributed by atoms with Gasteiger partial charge in [-0.25, -0.2) is 0 Å². The van der Waals surface area contributed by atoms with E-state index in [0.29, 0.717) is 6.54 Å². The quantitative estimate of drug-likeness (QED) is 0.198. The second-order valence-corrected chi connectivity index (χ2v) is 7.79. The number of amides is 1. The fraction of sp³-hybridized carbons (Fsp3) is 0.944. The lowest BCUT2D eigenvalue weighted by Crippen LogP contribution is -2.46. The highest BCUT2D eigenvalue weighted by Crippen LogP contribution is 2.16. The summed E-state index contributed by atoms with van der Waals surface area (Å²) >= 11 is 11.4. The van der Waals surface area contributed by atoms with E-state index in [4.69, 9.17) is 28.9 Å². The molecule has 0 rings (SSSR count). The number of hydrogen-bond donors (Lipinski definition) is 2. The van der Waals surface area contributed by atoms with Crippen LogP contribution in [0.5, 0.6) is 0 Å². The molecule has 0 fully saturated rings. The normalized spacial score (nSPS) is 11.8. The summed E-state index contributed by atoms with van der Waals surface area (Å²) in [4.78, 5) is 10.9. The standard InChI is InChI=1S/C18H36Cl2N2O/c1-2-3-4-5-6-7-8-9-10-11-12-13-14-15-16-22-18(19,20)17(21)23/h22H,2-16H2,1H3,(H2,21,23). The lowest BCUT2D eigenvalue weighted by molar-refractivity contribution is -0.119. The van der Waals surface area contributed by atoms with Gasteiger partial charge in [0.25, 0.3) is 5.91 Å². The lowest BCUT2D eigenvalue weighted by Gasteiger charge is -2.16. The minimum atomic E-state index is -1.63. The van der Waals surface area contributed by atoms with E-state index in [-0.39, 0.29) is 0 Å². The summed E-state index contributed by atoms with van der Waals surface area (Å²) in [5.41, 5.74) is 5.07. The number of unbranched alkanes of at least 4 members (excludes halogenated alkanes) is 13. The topological polar surface area (TPSA) is 55.1 Å². The summed E-state index contributed by atoms with van der Waals surface area (Å²) in [6, 6.07) is 0.